The van der Waals surface area contributed by atoms with Crippen LogP contribution in [0, 0.1) is 0 Å². The lowest BCUT2D eigenvalue weighted by Gasteiger charge is -2.11. The lowest BCUT2D eigenvalue weighted by molar-refractivity contribution is 0.220. The summed E-state index contributed by atoms with van der Waals surface area (Å²) in [5.74, 6) is 1.27. The van der Waals surface area contributed by atoms with Crippen molar-refractivity contribution >= 4 is 19.7 Å². The highest BCUT2D eigenvalue weighted by Crippen LogP contribution is 2.36. The highest BCUT2D eigenvalue weighted by molar-refractivity contribution is 8.13. The maximum absolute atomic E-state index is 11.5. The Kier molecular flexibility index (Phi) is 3.18. The summed E-state index contributed by atoms with van der Waals surface area (Å²) in [7, 11) is 1.44. The average molecular weight is 314 g/mol. The van der Waals surface area contributed by atoms with Crippen molar-refractivity contribution in [3.63, 3.8) is 0 Å². The number of nitrogens with zero attached hydrogens (tertiary/aromatic N) is 3. The van der Waals surface area contributed by atoms with E-state index in [2.05, 4.69) is 10.2 Å². The Morgan fingerprint density at radius 3 is 2.80 bits per heavy atom. The molecule has 1 aromatic heterocycles. The summed E-state index contributed by atoms with van der Waals surface area (Å²) < 4.78 is 30.2. The summed E-state index contributed by atoms with van der Waals surface area (Å²) in [4.78, 5) is 0. The van der Waals surface area contributed by atoms with Gasteiger partial charge in [0, 0.05) is 23.6 Å². The maximum Gasteiger partial charge on any atom is 0.296 e. The predicted molar refractivity (Wildman–Crippen MR) is 72.2 cm³/mol. The van der Waals surface area contributed by atoms with E-state index >= 15 is 0 Å². The van der Waals surface area contributed by atoms with Crippen LogP contribution in [0.1, 0.15) is 24.4 Å². The molecule has 0 fully saturated rings. The Hall–Kier alpha value is -1.60. The van der Waals surface area contributed by atoms with Crippen LogP contribution >= 0.6 is 10.7 Å². The fourth-order valence-corrected chi connectivity index (χ4v) is 3.31. The molecule has 1 unspecified atom stereocenters. The minimum Gasteiger partial charge on any atom is -0.482 e. The second-order valence-corrected chi connectivity index (χ2v) is 6.90. The third-order valence-electron chi connectivity index (χ3n) is 3.21. The van der Waals surface area contributed by atoms with Crippen LogP contribution in [0.3, 0.4) is 0 Å². The molecule has 1 aliphatic heterocycles. The molecule has 106 valence electrons. The van der Waals surface area contributed by atoms with Gasteiger partial charge < -0.3 is 4.74 Å². The molecule has 20 heavy (non-hydrogen) atoms. The summed E-state index contributed by atoms with van der Waals surface area (Å²) in [6, 6.07) is 7.67. The molecule has 0 spiro atoms. The summed E-state index contributed by atoms with van der Waals surface area (Å²) in [5.41, 5.74) is 1.07. The first kappa shape index (κ1) is 13.4. The number of fused-ring (bicyclic) bond motifs is 1. The maximum atomic E-state index is 11.5. The third kappa shape index (κ3) is 2.16. The molecule has 1 atom stereocenters. The Morgan fingerprint density at radius 2 is 2.15 bits per heavy atom. The van der Waals surface area contributed by atoms with Gasteiger partial charge in [0.25, 0.3) is 14.2 Å². The molecular formula is C12H12ClN3O3S. The molecule has 6 nitrogen and oxygen atoms in total. The Morgan fingerprint density at radius 1 is 1.40 bits per heavy atom. The quantitative estimate of drug-likeness (QED) is 0.809. The first-order chi connectivity index (χ1) is 9.50. The van der Waals surface area contributed by atoms with Crippen molar-refractivity contribution in [2.24, 2.45) is 0 Å². The number of hydrogen-bond acceptors (Lipinski definition) is 5. The summed E-state index contributed by atoms with van der Waals surface area (Å²) in [6.07, 6.45) is 0.295. The second-order valence-electron chi connectivity index (χ2n) is 4.44. The predicted octanol–water partition coefficient (Wildman–Crippen LogP) is 1.90. The van der Waals surface area contributed by atoms with Gasteiger partial charge in [-0.1, -0.05) is 18.2 Å². The average Bonchev–Trinajstić information content (AvgIpc) is 3.00. The summed E-state index contributed by atoms with van der Waals surface area (Å²) in [6.45, 7) is 2.21. The monoisotopic (exact) mass is 313 g/mol. The van der Waals surface area contributed by atoms with Gasteiger partial charge in [-0.25, -0.2) is 8.42 Å². The lowest BCUT2D eigenvalue weighted by Crippen LogP contribution is -2.14. The first-order valence-electron chi connectivity index (χ1n) is 6.13. The fraction of sp³-hybridized carbons (Fsp3) is 0.333. The van der Waals surface area contributed by atoms with Crippen LogP contribution in [-0.2, 0) is 22.0 Å². The Balaban J connectivity index is 2.00. The molecule has 0 N–H and O–H groups in total. The first-order valence-corrected chi connectivity index (χ1v) is 8.44. The zero-order valence-corrected chi connectivity index (χ0v) is 12.2. The van der Waals surface area contributed by atoms with E-state index in [1.54, 1.807) is 6.92 Å². The number of para-hydroxylation sites is 1. The molecular weight excluding hydrogens is 302 g/mol. The number of hydrogen-bond donors (Lipinski definition) is 0. The van der Waals surface area contributed by atoms with Crippen molar-refractivity contribution in [2.45, 2.75) is 31.1 Å². The van der Waals surface area contributed by atoms with Gasteiger partial charge >= 0.3 is 0 Å². The normalized spacial score (nSPS) is 17.8. The number of aromatic nitrogens is 3. The van der Waals surface area contributed by atoms with Gasteiger partial charge in [0.1, 0.15) is 5.75 Å². The molecule has 2 aromatic rings. The van der Waals surface area contributed by atoms with Gasteiger partial charge in [0.2, 0.25) is 0 Å². The third-order valence-corrected chi connectivity index (χ3v) is 4.37. The van der Waals surface area contributed by atoms with Crippen molar-refractivity contribution in [2.75, 3.05) is 0 Å². The molecule has 0 amide bonds. The van der Waals surface area contributed by atoms with Crippen LogP contribution in [0.2, 0.25) is 0 Å². The standard InChI is InChI=1S/C12H12ClN3O3S/c1-2-16-11(14-15-12(16)20(13,17)18)10-7-8-5-3-4-6-9(8)19-10/h3-6,10H,2,7H2,1H3. The van der Waals surface area contributed by atoms with Crippen LogP contribution in [-0.4, -0.2) is 23.2 Å². The van der Waals surface area contributed by atoms with E-state index in [0.717, 1.165) is 11.3 Å². The molecule has 1 aromatic carbocycles. The number of ether oxygens (including phenoxy) is 1. The fourth-order valence-electron chi connectivity index (χ4n) is 2.34. The van der Waals surface area contributed by atoms with Crippen LogP contribution in [0.4, 0.5) is 0 Å². The van der Waals surface area contributed by atoms with E-state index in [1.165, 1.54) is 4.57 Å². The largest absolute Gasteiger partial charge is 0.482 e. The molecule has 0 bridgehead atoms. The van der Waals surface area contributed by atoms with Crippen LogP contribution in [0.25, 0.3) is 0 Å². The van der Waals surface area contributed by atoms with Crippen LogP contribution in [0.15, 0.2) is 29.4 Å². The van der Waals surface area contributed by atoms with E-state index in [9.17, 15) is 8.42 Å². The van der Waals surface area contributed by atoms with E-state index < -0.39 is 9.05 Å². The van der Waals surface area contributed by atoms with Crippen LogP contribution < -0.4 is 4.74 Å². The van der Waals surface area contributed by atoms with Crippen LogP contribution in [0.5, 0.6) is 5.75 Å². The highest BCUT2D eigenvalue weighted by atomic mass is 35.7. The minimum absolute atomic E-state index is 0.240. The minimum atomic E-state index is -3.92. The van der Waals surface area contributed by atoms with Crippen molar-refractivity contribution in [3.8, 4) is 5.75 Å². The summed E-state index contributed by atoms with van der Waals surface area (Å²) in [5, 5.41) is 7.38. The van der Waals surface area contributed by atoms with Crippen molar-refractivity contribution in [1.29, 1.82) is 0 Å². The lowest BCUT2D eigenvalue weighted by atomic mass is 10.1. The van der Waals surface area contributed by atoms with Gasteiger partial charge in [0.05, 0.1) is 0 Å². The second kappa shape index (κ2) is 4.75. The molecule has 3 rings (SSSR count). The Bertz CT molecular complexity index is 732. The molecule has 0 saturated heterocycles. The molecule has 8 heteroatoms. The number of rotatable bonds is 3. The molecule has 0 aliphatic carbocycles. The number of benzene rings is 1. The Labute approximate surface area is 120 Å². The van der Waals surface area contributed by atoms with Crippen molar-refractivity contribution in [1.82, 2.24) is 14.8 Å². The van der Waals surface area contributed by atoms with E-state index in [0.29, 0.717) is 18.8 Å². The van der Waals surface area contributed by atoms with Gasteiger partial charge in [-0.2, -0.15) is 0 Å². The van der Waals surface area contributed by atoms with E-state index in [-0.39, 0.29) is 11.3 Å². The SMILES string of the molecule is CCn1c(C2Cc3ccccc3O2)nnc1S(=O)(=O)Cl. The zero-order valence-electron chi connectivity index (χ0n) is 10.7. The molecule has 1 aliphatic rings. The zero-order chi connectivity index (χ0) is 14.3. The van der Waals surface area contributed by atoms with Gasteiger partial charge in [-0.3, -0.25) is 4.57 Å². The smallest absolute Gasteiger partial charge is 0.296 e. The van der Waals surface area contributed by atoms with E-state index in [4.69, 9.17) is 15.4 Å². The highest BCUT2D eigenvalue weighted by Gasteiger charge is 2.31. The van der Waals surface area contributed by atoms with Gasteiger partial charge in [0.15, 0.2) is 11.9 Å². The van der Waals surface area contributed by atoms with Gasteiger partial charge in [-0.05, 0) is 18.6 Å². The van der Waals surface area contributed by atoms with Crippen molar-refractivity contribution < 1.29 is 13.2 Å². The topological polar surface area (TPSA) is 74.1 Å². The molecule has 2 heterocycles. The van der Waals surface area contributed by atoms with E-state index in [1.807, 2.05) is 24.3 Å². The molecule has 0 saturated carbocycles. The van der Waals surface area contributed by atoms with Crippen molar-refractivity contribution in [3.05, 3.63) is 35.7 Å². The van der Waals surface area contributed by atoms with Gasteiger partial charge in [-0.15, -0.1) is 10.2 Å². The summed E-state index contributed by atoms with van der Waals surface area (Å²) >= 11 is 0. The molecule has 0 radical (unpaired) electrons. The number of halogens is 1.